The van der Waals surface area contributed by atoms with E-state index >= 15 is 0 Å². The number of rotatable bonds is 5. The summed E-state index contributed by atoms with van der Waals surface area (Å²) in [6.45, 7) is 11.1. The van der Waals surface area contributed by atoms with Gasteiger partial charge in [-0.05, 0) is 37.8 Å². The maximum Gasteiger partial charge on any atom is 0.311 e. The van der Waals surface area contributed by atoms with Crippen LogP contribution in [0.4, 0.5) is 5.69 Å². The molecule has 0 aliphatic heterocycles. The minimum absolute atomic E-state index is 0.0785. The van der Waals surface area contributed by atoms with Crippen LogP contribution in [0.5, 0.6) is 0 Å². The van der Waals surface area contributed by atoms with E-state index in [9.17, 15) is 4.79 Å². The first-order valence-electron chi connectivity index (χ1n) is 8.33. The smallest absolute Gasteiger partial charge is 0.311 e. The van der Waals surface area contributed by atoms with Gasteiger partial charge in [0, 0.05) is 16.6 Å². The fourth-order valence-electron chi connectivity index (χ4n) is 3.38. The van der Waals surface area contributed by atoms with E-state index in [1.165, 1.54) is 7.11 Å². The lowest BCUT2D eigenvalue weighted by Crippen LogP contribution is -2.35. The molecule has 1 aromatic heterocycles. The largest absolute Gasteiger partial charge is 0.469 e. The Morgan fingerprint density at radius 3 is 2.46 bits per heavy atom. The Morgan fingerprint density at radius 2 is 1.83 bits per heavy atom. The number of carbonyl (C=O) groups excluding carboxylic acids is 1. The van der Waals surface area contributed by atoms with Gasteiger partial charge in [-0.1, -0.05) is 39.0 Å². The maximum absolute atomic E-state index is 11.6. The van der Waals surface area contributed by atoms with Gasteiger partial charge in [0.2, 0.25) is 0 Å². The molecule has 1 heterocycles. The number of pyridine rings is 1. The number of aromatic nitrogens is 1. The van der Waals surface area contributed by atoms with Gasteiger partial charge in [-0.25, -0.2) is 0 Å². The van der Waals surface area contributed by atoms with Gasteiger partial charge in [0.05, 0.1) is 24.7 Å². The Kier molecular flexibility index (Phi) is 5.16. The molecule has 0 saturated heterocycles. The minimum Gasteiger partial charge on any atom is -0.469 e. The highest BCUT2D eigenvalue weighted by atomic mass is 16.5. The molecule has 0 atom stereocenters. The van der Waals surface area contributed by atoms with Crippen molar-refractivity contribution in [2.75, 3.05) is 12.4 Å². The number of methoxy groups -OCH3 is 1. The molecule has 2 rings (SSSR count). The van der Waals surface area contributed by atoms with Gasteiger partial charge in [-0.2, -0.15) is 0 Å². The molecule has 0 bridgehead atoms. The van der Waals surface area contributed by atoms with E-state index in [0.717, 1.165) is 28.7 Å². The lowest BCUT2D eigenvalue weighted by Gasteiger charge is -2.34. The molecule has 130 valence electrons. The van der Waals surface area contributed by atoms with Gasteiger partial charge in [-0.15, -0.1) is 0 Å². The highest BCUT2D eigenvalue weighted by molar-refractivity contribution is 5.92. The first-order chi connectivity index (χ1) is 11.1. The van der Waals surface area contributed by atoms with Crippen molar-refractivity contribution in [3.05, 3.63) is 36.0 Å². The van der Waals surface area contributed by atoms with Crippen LogP contribution in [-0.2, 0) is 16.0 Å². The highest BCUT2D eigenvalue weighted by Crippen LogP contribution is 2.32. The van der Waals surface area contributed by atoms with Gasteiger partial charge >= 0.3 is 5.97 Å². The standard InChI is InChI=1S/C20H28N2O2/c1-19(2,3)13-20(4,5)22-17-11-14(12-18(23)24-6)21-16-10-8-7-9-15(16)17/h7-11H,12-13H2,1-6H3,(H,21,22). The number of para-hydroxylation sites is 1. The fraction of sp³-hybridized carbons (Fsp3) is 0.500. The molecular formula is C20H28N2O2. The predicted octanol–water partition coefficient (Wildman–Crippen LogP) is 4.58. The van der Waals surface area contributed by atoms with E-state index < -0.39 is 0 Å². The summed E-state index contributed by atoms with van der Waals surface area (Å²) in [5, 5.41) is 4.72. The third kappa shape index (κ3) is 4.95. The van der Waals surface area contributed by atoms with Crippen LogP contribution in [0.2, 0.25) is 0 Å². The first kappa shape index (κ1) is 18.2. The summed E-state index contributed by atoms with van der Waals surface area (Å²) in [5.41, 5.74) is 2.75. The minimum atomic E-state index is -0.280. The number of ether oxygens (including phenoxy) is 1. The van der Waals surface area contributed by atoms with Crippen LogP contribution in [0.1, 0.15) is 46.7 Å². The normalized spacial score (nSPS) is 12.2. The van der Waals surface area contributed by atoms with E-state index in [-0.39, 0.29) is 23.3 Å². The van der Waals surface area contributed by atoms with E-state index in [1.807, 2.05) is 24.3 Å². The van der Waals surface area contributed by atoms with Crippen molar-refractivity contribution >= 4 is 22.6 Å². The summed E-state index contributed by atoms with van der Waals surface area (Å²) < 4.78 is 4.77. The Balaban J connectivity index is 2.41. The SMILES string of the molecule is COC(=O)Cc1cc(NC(C)(C)CC(C)(C)C)c2ccccc2n1. The Morgan fingerprint density at radius 1 is 1.17 bits per heavy atom. The molecular weight excluding hydrogens is 300 g/mol. The average Bonchev–Trinajstić information content (AvgIpc) is 2.44. The van der Waals surface area contributed by atoms with Crippen LogP contribution in [0.25, 0.3) is 10.9 Å². The van der Waals surface area contributed by atoms with Crippen LogP contribution in [0, 0.1) is 5.41 Å². The summed E-state index contributed by atoms with van der Waals surface area (Å²) in [5.74, 6) is -0.280. The Labute approximate surface area is 144 Å². The molecule has 0 spiro atoms. The molecule has 1 N–H and O–H groups in total. The summed E-state index contributed by atoms with van der Waals surface area (Å²) >= 11 is 0. The monoisotopic (exact) mass is 328 g/mol. The second-order valence-corrected chi connectivity index (χ2v) is 8.18. The summed E-state index contributed by atoms with van der Waals surface area (Å²) in [6.07, 6.45) is 1.19. The lowest BCUT2D eigenvalue weighted by molar-refractivity contribution is -0.139. The van der Waals surface area contributed by atoms with Gasteiger partial charge in [-0.3, -0.25) is 9.78 Å². The van der Waals surface area contributed by atoms with Crippen molar-refractivity contribution in [1.82, 2.24) is 4.98 Å². The predicted molar refractivity (Wildman–Crippen MR) is 99.2 cm³/mol. The zero-order valence-electron chi connectivity index (χ0n) is 15.6. The van der Waals surface area contributed by atoms with Crippen molar-refractivity contribution < 1.29 is 9.53 Å². The van der Waals surface area contributed by atoms with Crippen molar-refractivity contribution in [3.8, 4) is 0 Å². The number of hydrogen-bond donors (Lipinski definition) is 1. The Hall–Kier alpha value is -2.10. The molecule has 1 aromatic carbocycles. The second-order valence-electron chi connectivity index (χ2n) is 8.18. The third-order valence-electron chi connectivity index (χ3n) is 3.77. The number of fused-ring (bicyclic) bond motifs is 1. The molecule has 2 aromatic rings. The molecule has 0 aliphatic rings. The van der Waals surface area contributed by atoms with Crippen LogP contribution in [0.3, 0.4) is 0 Å². The maximum atomic E-state index is 11.6. The van der Waals surface area contributed by atoms with E-state index in [4.69, 9.17) is 4.74 Å². The number of anilines is 1. The molecule has 0 amide bonds. The van der Waals surface area contributed by atoms with Crippen molar-refractivity contribution in [3.63, 3.8) is 0 Å². The molecule has 0 saturated carbocycles. The summed E-state index contributed by atoms with van der Waals surface area (Å²) in [6, 6.07) is 9.95. The fourth-order valence-corrected chi connectivity index (χ4v) is 3.38. The lowest BCUT2D eigenvalue weighted by atomic mass is 9.81. The van der Waals surface area contributed by atoms with Crippen LogP contribution in [0.15, 0.2) is 30.3 Å². The summed E-state index contributed by atoms with van der Waals surface area (Å²) in [4.78, 5) is 16.2. The van der Waals surface area contributed by atoms with Crippen molar-refractivity contribution in [1.29, 1.82) is 0 Å². The third-order valence-corrected chi connectivity index (χ3v) is 3.77. The van der Waals surface area contributed by atoms with Crippen molar-refractivity contribution in [2.24, 2.45) is 5.41 Å². The zero-order valence-corrected chi connectivity index (χ0v) is 15.6. The van der Waals surface area contributed by atoms with E-state index in [1.54, 1.807) is 0 Å². The van der Waals surface area contributed by atoms with Gasteiger partial charge in [0.25, 0.3) is 0 Å². The van der Waals surface area contributed by atoms with Gasteiger partial charge in [0.1, 0.15) is 0 Å². The second kappa shape index (κ2) is 6.80. The topological polar surface area (TPSA) is 51.2 Å². The number of nitrogens with one attached hydrogen (secondary N) is 1. The van der Waals surface area contributed by atoms with Crippen LogP contribution < -0.4 is 5.32 Å². The first-order valence-corrected chi connectivity index (χ1v) is 8.33. The molecule has 0 aliphatic carbocycles. The van der Waals surface area contributed by atoms with E-state index in [2.05, 4.69) is 51.0 Å². The van der Waals surface area contributed by atoms with Crippen LogP contribution >= 0.6 is 0 Å². The molecule has 0 radical (unpaired) electrons. The average molecular weight is 328 g/mol. The number of benzene rings is 1. The van der Waals surface area contributed by atoms with Crippen LogP contribution in [-0.4, -0.2) is 23.6 Å². The molecule has 0 unspecified atom stereocenters. The number of hydrogen-bond acceptors (Lipinski definition) is 4. The van der Waals surface area contributed by atoms with Gasteiger partial charge < -0.3 is 10.1 Å². The molecule has 24 heavy (non-hydrogen) atoms. The zero-order chi connectivity index (χ0) is 18.0. The molecule has 4 heteroatoms. The number of esters is 1. The van der Waals surface area contributed by atoms with E-state index in [0.29, 0.717) is 0 Å². The Bertz CT molecular complexity index is 730. The number of nitrogens with zero attached hydrogens (tertiary/aromatic N) is 1. The van der Waals surface area contributed by atoms with Crippen molar-refractivity contribution in [2.45, 2.75) is 53.0 Å². The molecule has 4 nitrogen and oxygen atoms in total. The quantitative estimate of drug-likeness (QED) is 0.816. The van der Waals surface area contributed by atoms with Gasteiger partial charge in [0.15, 0.2) is 0 Å². The summed E-state index contributed by atoms with van der Waals surface area (Å²) in [7, 11) is 1.40. The highest BCUT2D eigenvalue weighted by Gasteiger charge is 2.26. The number of carbonyl (C=O) groups is 1. The molecule has 0 fully saturated rings.